The molecule has 0 amide bonds. The molecule has 2 saturated heterocycles. The Hall–Kier alpha value is -0.570. The lowest BCUT2D eigenvalue weighted by Gasteiger charge is -2.29. The fraction of sp³-hybridized carbons (Fsp3) is 0.900. The highest BCUT2D eigenvalue weighted by atomic mass is 16.5. The summed E-state index contributed by atoms with van der Waals surface area (Å²) in [6, 6.07) is 0.629. The molecule has 0 aliphatic carbocycles. The zero-order valence-electron chi connectivity index (χ0n) is 8.38. The Morgan fingerprint density at radius 1 is 1.54 bits per heavy atom. The van der Waals surface area contributed by atoms with Crippen LogP contribution < -0.4 is 0 Å². The third kappa shape index (κ3) is 1.10. The van der Waals surface area contributed by atoms with E-state index < -0.39 is 0 Å². The van der Waals surface area contributed by atoms with E-state index in [-0.39, 0.29) is 11.5 Å². The molecule has 0 saturated carbocycles. The number of hydrogen-bond donors (Lipinski definition) is 0. The molecule has 2 aliphatic heterocycles. The van der Waals surface area contributed by atoms with Crippen molar-refractivity contribution in [3.63, 3.8) is 0 Å². The number of likely N-dealkylation sites (N-methyl/N-ethyl adjacent to an activating group) is 1. The molecule has 3 nitrogen and oxygen atoms in total. The topological polar surface area (TPSA) is 29.5 Å². The minimum absolute atomic E-state index is 0.00231. The molecule has 0 N–H and O–H groups in total. The maximum atomic E-state index is 11.8. The van der Waals surface area contributed by atoms with E-state index in [1.807, 2.05) is 6.92 Å². The molecule has 2 bridgehead atoms. The summed E-state index contributed by atoms with van der Waals surface area (Å²) < 4.78 is 5.14. The Labute approximate surface area is 79.0 Å². The van der Waals surface area contributed by atoms with Crippen molar-refractivity contribution >= 4 is 5.97 Å². The Morgan fingerprint density at radius 3 is 2.54 bits per heavy atom. The molecule has 13 heavy (non-hydrogen) atoms. The first-order valence-corrected chi connectivity index (χ1v) is 5.11. The van der Waals surface area contributed by atoms with Crippen LogP contribution in [0.4, 0.5) is 0 Å². The van der Waals surface area contributed by atoms with Crippen LogP contribution in [-0.2, 0) is 9.53 Å². The summed E-state index contributed by atoms with van der Waals surface area (Å²) in [5.74, 6) is -0.00231. The van der Waals surface area contributed by atoms with Gasteiger partial charge in [0.05, 0.1) is 6.61 Å². The Kier molecular flexibility index (Phi) is 2.06. The first-order valence-electron chi connectivity index (χ1n) is 5.11. The Morgan fingerprint density at radius 2 is 2.15 bits per heavy atom. The van der Waals surface area contributed by atoms with E-state index in [4.69, 9.17) is 4.74 Å². The quantitative estimate of drug-likeness (QED) is 0.602. The normalized spacial score (nSPS) is 38.2. The van der Waals surface area contributed by atoms with Crippen molar-refractivity contribution in [2.24, 2.45) is 0 Å². The van der Waals surface area contributed by atoms with Crippen molar-refractivity contribution in [2.75, 3.05) is 13.7 Å². The second kappa shape index (κ2) is 2.98. The predicted octanol–water partition coefficient (Wildman–Crippen LogP) is 1.18. The van der Waals surface area contributed by atoms with E-state index >= 15 is 0 Å². The van der Waals surface area contributed by atoms with Crippen LogP contribution in [0.25, 0.3) is 0 Å². The van der Waals surface area contributed by atoms with Crippen LogP contribution >= 0.6 is 0 Å². The SMILES string of the molecule is CCOC(=O)C12CCC(CC1)N2C. The lowest BCUT2D eigenvalue weighted by atomic mass is 9.88. The summed E-state index contributed by atoms with van der Waals surface area (Å²) in [6.45, 7) is 2.37. The highest BCUT2D eigenvalue weighted by molar-refractivity contribution is 5.82. The van der Waals surface area contributed by atoms with Crippen LogP contribution in [-0.4, -0.2) is 36.1 Å². The highest BCUT2D eigenvalue weighted by Crippen LogP contribution is 2.45. The van der Waals surface area contributed by atoms with Gasteiger partial charge >= 0.3 is 5.97 Å². The summed E-state index contributed by atoms with van der Waals surface area (Å²) in [7, 11) is 2.06. The monoisotopic (exact) mass is 183 g/mol. The number of carbonyl (C=O) groups excluding carboxylic acids is 1. The number of fused-ring (bicyclic) bond motifs is 2. The molecule has 0 aromatic carbocycles. The average Bonchev–Trinajstić information content (AvgIpc) is 2.62. The highest BCUT2D eigenvalue weighted by Gasteiger charge is 2.55. The Bertz CT molecular complexity index is 219. The summed E-state index contributed by atoms with van der Waals surface area (Å²) in [6.07, 6.45) is 4.31. The number of esters is 1. The standard InChI is InChI=1S/C10H17NO2/c1-3-13-9(12)10-6-4-8(5-7-10)11(10)2/h8H,3-7H2,1-2H3. The lowest BCUT2D eigenvalue weighted by Crippen LogP contribution is -2.46. The second-order valence-electron chi connectivity index (χ2n) is 4.09. The molecule has 0 aromatic heterocycles. The fourth-order valence-electron chi connectivity index (χ4n) is 2.78. The molecule has 0 atom stereocenters. The van der Waals surface area contributed by atoms with Crippen molar-refractivity contribution in [2.45, 2.75) is 44.2 Å². The average molecular weight is 183 g/mol. The molecule has 2 rings (SSSR count). The van der Waals surface area contributed by atoms with Gasteiger partial charge in [-0.2, -0.15) is 0 Å². The van der Waals surface area contributed by atoms with Gasteiger partial charge in [0.1, 0.15) is 5.54 Å². The molecule has 2 fully saturated rings. The molecule has 0 spiro atoms. The summed E-state index contributed by atoms with van der Waals surface area (Å²) in [4.78, 5) is 14.0. The predicted molar refractivity (Wildman–Crippen MR) is 49.4 cm³/mol. The number of rotatable bonds is 2. The summed E-state index contributed by atoms with van der Waals surface area (Å²) in [5.41, 5.74) is -0.249. The second-order valence-corrected chi connectivity index (χ2v) is 4.09. The zero-order valence-corrected chi connectivity index (χ0v) is 8.38. The van der Waals surface area contributed by atoms with Crippen molar-refractivity contribution < 1.29 is 9.53 Å². The number of ether oxygens (including phenoxy) is 1. The molecular formula is C10H17NO2. The zero-order chi connectivity index (χ0) is 9.47. The summed E-state index contributed by atoms with van der Waals surface area (Å²) >= 11 is 0. The van der Waals surface area contributed by atoms with Gasteiger partial charge < -0.3 is 4.74 Å². The Balaban J connectivity index is 2.15. The van der Waals surface area contributed by atoms with Gasteiger partial charge in [0.25, 0.3) is 0 Å². The molecule has 0 aromatic rings. The van der Waals surface area contributed by atoms with Gasteiger partial charge in [0.15, 0.2) is 0 Å². The van der Waals surface area contributed by atoms with Gasteiger partial charge in [-0.15, -0.1) is 0 Å². The molecular weight excluding hydrogens is 166 g/mol. The van der Waals surface area contributed by atoms with Crippen molar-refractivity contribution in [1.82, 2.24) is 4.90 Å². The largest absolute Gasteiger partial charge is 0.465 e. The van der Waals surface area contributed by atoms with E-state index in [2.05, 4.69) is 11.9 Å². The number of hydrogen-bond acceptors (Lipinski definition) is 3. The maximum Gasteiger partial charge on any atom is 0.326 e. The maximum absolute atomic E-state index is 11.8. The molecule has 0 unspecified atom stereocenters. The van der Waals surface area contributed by atoms with E-state index in [9.17, 15) is 4.79 Å². The van der Waals surface area contributed by atoms with E-state index in [1.54, 1.807) is 0 Å². The first kappa shape index (κ1) is 9.00. The summed E-state index contributed by atoms with van der Waals surface area (Å²) in [5, 5.41) is 0. The first-order chi connectivity index (χ1) is 6.20. The number of nitrogens with zero attached hydrogens (tertiary/aromatic N) is 1. The van der Waals surface area contributed by atoms with E-state index in [0.717, 1.165) is 25.7 Å². The molecule has 2 heterocycles. The van der Waals surface area contributed by atoms with Crippen LogP contribution in [0.2, 0.25) is 0 Å². The van der Waals surface area contributed by atoms with E-state index in [1.165, 1.54) is 0 Å². The molecule has 0 radical (unpaired) electrons. The van der Waals surface area contributed by atoms with Crippen molar-refractivity contribution in [3.8, 4) is 0 Å². The third-order valence-corrected chi connectivity index (χ3v) is 3.66. The van der Waals surface area contributed by atoms with Crippen molar-refractivity contribution in [1.29, 1.82) is 0 Å². The van der Waals surface area contributed by atoms with Crippen LogP contribution in [0, 0.1) is 0 Å². The number of carbonyl (C=O) groups is 1. The molecule has 74 valence electrons. The minimum Gasteiger partial charge on any atom is -0.465 e. The molecule has 3 heteroatoms. The van der Waals surface area contributed by atoms with Crippen molar-refractivity contribution in [3.05, 3.63) is 0 Å². The van der Waals surface area contributed by atoms with Gasteiger partial charge in [-0.1, -0.05) is 0 Å². The van der Waals surface area contributed by atoms with Crippen LogP contribution in [0.15, 0.2) is 0 Å². The van der Waals surface area contributed by atoms with Gasteiger partial charge in [0, 0.05) is 6.04 Å². The fourth-order valence-corrected chi connectivity index (χ4v) is 2.78. The van der Waals surface area contributed by atoms with Crippen LogP contribution in [0.1, 0.15) is 32.6 Å². The van der Waals surface area contributed by atoms with Gasteiger partial charge in [-0.3, -0.25) is 9.69 Å². The van der Waals surface area contributed by atoms with Gasteiger partial charge in [-0.25, -0.2) is 0 Å². The minimum atomic E-state index is -0.249. The van der Waals surface area contributed by atoms with Gasteiger partial charge in [0.2, 0.25) is 0 Å². The lowest BCUT2D eigenvalue weighted by molar-refractivity contribution is -0.154. The van der Waals surface area contributed by atoms with E-state index in [0.29, 0.717) is 12.6 Å². The van der Waals surface area contributed by atoms with Crippen LogP contribution in [0.3, 0.4) is 0 Å². The smallest absolute Gasteiger partial charge is 0.326 e. The molecule has 2 aliphatic rings. The third-order valence-electron chi connectivity index (χ3n) is 3.66. The van der Waals surface area contributed by atoms with Crippen LogP contribution in [0.5, 0.6) is 0 Å². The van der Waals surface area contributed by atoms with Gasteiger partial charge in [-0.05, 0) is 39.7 Å².